The molecule has 1 aliphatic heterocycles. The van der Waals surface area contributed by atoms with Crippen molar-refractivity contribution >= 4 is 34.4 Å². The van der Waals surface area contributed by atoms with Crippen LogP contribution in [0, 0.1) is 0 Å². The molecule has 4 rings (SSSR count). The number of thioether (sulfide) groups is 1. The summed E-state index contributed by atoms with van der Waals surface area (Å²) in [7, 11) is 0. The minimum absolute atomic E-state index is 0.154. The largest absolute Gasteiger partial charge is 0.290 e. The molecule has 0 saturated carbocycles. The Morgan fingerprint density at radius 1 is 1.14 bits per heavy atom. The van der Waals surface area contributed by atoms with Gasteiger partial charge in [0.2, 0.25) is 5.95 Å². The summed E-state index contributed by atoms with van der Waals surface area (Å²) in [6.45, 7) is 0.831. The van der Waals surface area contributed by atoms with Gasteiger partial charge in [0.15, 0.2) is 5.16 Å². The Morgan fingerprint density at radius 3 is 2.95 bits per heavy atom. The molecule has 6 heteroatoms. The van der Waals surface area contributed by atoms with Crippen LogP contribution in [0.25, 0.3) is 10.8 Å². The first-order valence-corrected chi connectivity index (χ1v) is 7.66. The van der Waals surface area contributed by atoms with Crippen LogP contribution in [-0.2, 0) is 6.54 Å². The highest BCUT2D eigenvalue weighted by Crippen LogP contribution is 2.27. The van der Waals surface area contributed by atoms with Crippen molar-refractivity contribution < 1.29 is 4.79 Å². The molecule has 5 nitrogen and oxygen atoms in total. The van der Waals surface area contributed by atoms with E-state index in [1.165, 1.54) is 0 Å². The predicted octanol–water partition coefficient (Wildman–Crippen LogP) is 2.79. The molecule has 1 amide bonds. The van der Waals surface area contributed by atoms with E-state index in [2.05, 4.69) is 15.5 Å². The van der Waals surface area contributed by atoms with Crippen LogP contribution in [0.4, 0.5) is 5.95 Å². The number of carbonyl (C=O) groups is 1. The SMILES string of the molecule is O=C(Nc1nnc2n1CCS2)c1cccc2ccccc12. The molecular formula is C15H12N4OS. The van der Waals surface area contributed by atoms with E-state index in [-0.39, 0.29) is 5.91 Å². The molecule has 1 aliphatic rings. The lowest BCUT2D eigenvalue weighted by Crippen LogP contribution is -2.16. The van der Waals surface area contributed by atoms with Gasteiger partial charge in [-0.05, 0) is 16.8 Å². The van der Waals surface area contributed by atoms with Gasteiger partial charge in [-0.15, -0.1) is 10.2 Å². The van der Waals surface area contributed by atoms with Gasteiger partial charge in [0.1, 0.15) is 0 Å². The van der Waals surface area contributed by atoms with E-state index in [9.17, 15) is 4.79 Å². The van der Waals surface area contributed by atoms with E-state index in [4.69, 9.17) is 0 Å². The van der Waals surface area contributed by atoms with E-state index < -0.39 is 0 Å². The van der Waals surface area contributed by atoms with Gasteiger partial charge < -0.3 is 0 Å². The Kier molecular flexibility index (Phi) is 2.89. The molecule has 0 aliphatic carbocycles. The molecule has 0 unspecified atom stereocenters. The summed E-state index contributed by atoms with van der Waals surface area (Å²) >= 11 is 1.65. The summed E-state index contributed by atoms with van der Waals surface area (Å²) < 4.78 is 1.94. The third-order valence-electron chi connectivity index (χ3n) is 3.52. The normalized spacial score (nSPS) is 13.3. The van der Waals surface area contributed by atoms with Gasteiger partial charge >= 0.3 is 0 Å². The zero-order chi connectivity index (χ0) is 14.2. The van der Waals surface area contributed by atoms with Crippen LogP contribution in [0.3, 0.4) is 0 Å². The van der Waals surface area contributed by atoms with Crippen LogP contribution >= 0.6 is 11.8 Å². The van der Waals surface area contributed by atoms with Crippen LogP contribution in [0.15, 0.2) is 47.6 Å². The molecule has 0 fully saturated rings. The van der Waals surface area contributed by atoms with Crippen molar-refractivity contribution in [1.29, 1.82) is 0 Å². The maximum absolute atomic E-state index is 12.5. The van der Waals surface area contributed by atoms with E-state index in [0.717, 1.165) is 28.2 Å². The summed E-state index contributed by atoms with van der Waals surface area (Å²) in [5.41, 5.74) is 0.649. The molecule has 0 atom stereocenters. The Labute approximate surface area is 125 Å². The van der Waals surface area contributed by atoms with Gasteiger partial charge in [-0.2, -0.15) is 0 Å². The summed E-state index contributed by atoms with van der Waals surface area (Å²) in [4.78, 5) is 12.5. The van der Waals surface area contributed by atoms with Crippen LogP contribution < -0.4 is 5.32 Å². The summed E-state index contributed by atoms with van der Waals surface area (Å²) in [6.07, 6.45) is 0. The number of aromatic nitrogens is 3. The van der Waals surface area contributed by atoms with Crippen molar-refractivity contribution in [1.82, 2.24) is 14.8 Å². The first-order chi connectivity index (χ1) is 10.3. The quantitative estimate of drug-likeness (QED) is 0.790. The van der Waals surface area contributed by atoms with E-state index >= 15 is 0 Å². The predicted molar refractivity (Wildman–Crippen MR) is 82.6 cm³/mol. The Bertz CT molecular complexity index is 837. The first kappa shape index (κ1) is 12.4. The molecule has 0 spiro atoms. The fourth-order valence-corrected chi connectivity index (χ4v) is 3.40. The molecule has 1 N–H and O–H groups in total. The second-order valence-corrected chi connectivity index (χ2v) is 5.85. The van der Waals surface area contributed by atoms with Crippen molar-refractivity contribution in [3.63, 3.8) is 0 Å². The zero-order valence-corrected chi connectivity index (χ0v) is 11.9. The molecule has 0 saturated heterocycles. The van der Waals surface area contributed by atoms with E-state index in [1.54, 1.807) is 11.8 Å². The smallest absolute Gasteiger partial charge is 0.258 e. The van der Waals surface area contributed by atoms with Crippen LogP contribution in [0.5, 0.6) is 0 Å². The Balaban J connectivity index is 1.70. The third kappa shape index (κ3) is 2.08. The standard InChI is InChI=1S/C15H12N4OS/c20-13(16-14-17-18-15-19(14)8-9-21-15)12-7-3-5-10-4-1-2-6-11(10)12/h1-7H,8-9H2,(H,16,17,20). The number of amides is 1. The summed E-state index contributed by atoms with van der Waals surface area (Å²) in [6, 6.07) is 13.6. The van der Waals surface area contributed by atoms with Gasteiger partial charge in [0.25, 0.3) is 5.91 Å². The number of rotatable bonds is 2. The highest BCUT2D eigenvalue weighted by Gasteiger charge is 2.20. The van der Waals surface area contributed by atoms with Gasteiger partial charge in [-0.25, -0.2) is 0 Å². The lowest BCUT2D eigenvalue weighted by atomic mass is 10.0. The molecule has 21 heavy (non-hydrogen) atoms. The molecule has 104 valence electrons. The first-order valence-electron chi connectivity index (χ1n) is 6.68. The van der Waals surface area contributed by atoms with Gasteiger partial charge in [-0.3, -0.25) is 14.7 Å². The van der Waals surface area contributed by atoms with E-state index in [0.29, 0.717) is 11.5 Å². The number of anilines is 1. The Hall–Kier alpha value is -2.34. The Morgan fingerprint density at radius 2 is 2.00 bits per heavy atom. The maximum Gasteiger partial charge on any atom is 0.258 e. The summed E-state index contributed by atoms with van der Waals surface area (Å²) in [5, 5.41) is 13.8. The molecule has 2 aromatic carbocycles. The van der Waals surface area contributed by atoms with Gasteiger partial charge in [0, 0.05) is 17.9 Å². The van der Waals surface area contributed by atoms with Crippen LogP contribution in [0.1, 0.15) is 10.4 Å². The lowest BCUT2D eigenvalue weighted by Gasteiger charge is -2.07. The highest BCUT2D eigenvalue weighted by atomic mass is 32.2. The zero-order valence-electron chi connectivity index (χ0n) is 11.1. The average Bonchev–Trinajstić information content (AvgIpc) is 3.12. The number of fused-ring (bicyclic) bond motifs is 2. The number of nitrogens with one attached hydrogen (secondary N) is 1. The van der Waals surface area contributed by atoms with Crippen LogP contribution in [-0.4, -0.2) is 26.4 Å². The van der Waals surface area contributed by atoms with Crippen molar-refractivity contribution in [2.45, 2.75) is 11.7 Å². The number of benzene rings is 2. The number of carbonyl (C=O) groups excluding carboxylic acids is 1. The molecule has 1 aromatic heterocycles. The minimum atomic E-state index is -0.154. The van der Waals surface area contributed by atoms with Gasteiger partial charge in [0.05, 0.1) is 0 Å². The number of hydrogen-bond acceptors (Lipinski definition) is 4. The second kappa shape index (κ2) is 4.89. The molecule has 3 aromatic rings. The second-order valence-electron chi connectivity index (χ2n) is 4.79. The molecular weight excluding hydrogens is 284 g/mol. The van der Waals surface area contributed by atoms with Crippen molar-refractivity contribution in [3.05, 3.63) is 48.0 Å². The average molecular weight is 296 g/mol. The highest BCUT2D eigenvalue weighted by molar-refractivity contribution is 7.99. The van der Waals surface area contributed by atoms with Gasteiger partial charge in [-0.1, -0.05) is 48.2 Å². The third-order valence-corrected chi connectivity index (χ3v) is 4.47. The topological polar surface area (TPSA) is 59.8 Å². The van der Waals surface area contributed by atoms with Crippen molar-refractivity contribution in [3.8, 4) is 0 Å². The van der Waals surface area contributed by atoms with Crippen LogP contribution in [0.2, 0.25) is 0 Å². The van der Waals surface area contributed by atoms with E-state index in [1.807, 2.05) is 47.0 Å². The fourth-order valence-electron chi connectivity index (χ4n) is 2.51. The number of hydrogen-bond donors (Lipinski definition) is 1. The molecule has 0 radical (unpaired) electrons. The lowest BCUT2D eigenvalue weighted by molar-refractivity contribution is 0.102. The minimum Gasteiger partial charge on any atom is -0.290 e. The number of nitrogens with zero attached hydrogens (tertiary/aromatic N) is 3. The van der Waals surface area contributed by atoms with Crippen molar-refractivity contribution in [2.75, 3.05) is 11.1 Å². The molecule has 0 bridgehead atoms. The monoisotopic (exact) mass is 296 g/mol. The fraction of sp³-hybridized carbons (Fsp3) is 0.133. The molecule has 2 heterocycles. The maximum atomic E-state index is 12.5. The summed E-state index contributed by atoms with van der Waals surface area (Å²) in [5.74, 6) is 1.34. The van der Waals surface area contributed by atoms with Crippen molar-refractivity contribution in [2.24, 2.45) is 0 Å².